The predicted molar refractivity (Wildman–Crippen MR) is 123 cm³/mol. The largest absolute Gasteiger partial charge is 0.482 e. The third kappa shape index (κ3) is 3.67. The van der Waals surface area contributed by atoms with Gasteiger partial charge in [-0.25, -0.2) is 4.39 Å². The maximum absolute atomic E-state index is 13.5. The zero-order valence-corrected chi connectivity index (χ0v) is 18.1. The van der Waals surface area contributed by atoms with E-state index in [1.165, 1.54) is 20.6 Å². The number of fused-ring (bicyclic) bond motifs is 2. The molecule has 1 atom stereocenters. The summed E-state index contributed by atoms with van der Waals surface area (Å²) in [6.45, 7) is 0.0368. The number of hydrogen-bond donors (Lipinski definition) is 1. The highest BCUT2D eigenvalue weighted by molar-refractivity contribution is 14.1. The summed E-state index contributed by atoms with van der Waals surface area (Å²) in [6, 6.07) is 18.9. The number of hydrogen-bond acceptors (Lipinski definition) is 3. The number of amides is 1. The van der Waals surface area contributed by atoms with Crippen LogP contribution in [-0.2, 0) is 4.79 Å². The summed E-state index contributed by atoms with van der Waals surface area (Å²) < 4.78 is 20.2. The Kier molecular flexibility index (Phi) is 4.83. The molecule has 2 aliphatic rings. The van der Waals surface area contributed by atoms with Gasteiger partial charge in [-0.15, -0.1) is 11.8 Å². The van der Waals surface area contributed by atoms with E-state index in [-0.39, 0.29) is 23.6 Å². The summed E-state index contributed by atoms with van der Waals surface area (Å²) in [4.78, 5) is 12.9. The van der Waals surface area contributed by atoms with Crippen molar-refractivity contribution >= 4 is 57.6 Å². The van der Waals surface area contributed by atoms with Gasteiger partial charge in [0.1, 0.15) is 11.6 Å². The summed E-state index contributed by atoms with van der Waals surface area (Å²) in [7, 11) is 0. The molecule has 29 heavy (non-hydrogen) atoms. The molecule has 2 aliphatic heterocycles. The molecule has 3 aromatic rings. The van der Waals surface area contributed by atoms with Gasteiger partial charge in [-0.1, -0.05) is 24.3 Å². The average molecular weight is 515 g/mol. The Labute approximate surface area is 185 Å². The second-order valence-corrected chi connectivity index (χ2v) is 9.27. The number of halogens is 2. The van der Waals surface area contributed by atoms with Crippen molar-refractivity contribution in [3.8, 4) is 5.75 Å². The zero-order valence-electron chi connectivity index (χ0n) is 15.1. The Morgan fingerprint density at radius 1 is 1.07 bits per heavy atom. The van der Waals surface area contributed by atoms with Crippen LogP contribution in [0.1, 0.15) is 21.9 Å². The molecule has 3 aromatic carbocycles. The molecule has 1 N–H and O–H groups in total. The number of nitrogens with one attached hydrogen (secondary N) is 1. The first-order valence-electron chi connectivity index (χ1n) is 9.07. The maximum Gasteiger partial charge on any atom is 0.262 e. The number of carbonyl (C=O) groups excluding carboxylic acids is 1. The first kappa shape index (κ1) is 18.7. The molecule has 0 aliphatic carbocycles. The van der Waals surface area contributed by atoms with Crippen LogP contribution in [0.5, 0.6) is 5.75 Å². The molecule has 0 aromatic heterocycles. The van der Waals surface area contributed by atoms with Gasteiger partial charge >= 0.3 is 0 Å². The van der Waals surface area contributed by atoms with Crippen LogP contribution < -0.4 is 10.1 Å². The van der Waals surface area contributed by atoms with Gasteiger partial charge in [-0.05, 0) is 87.3 Å². The lowest BCUT2D eigenvalue weighted by molar-refractivity contribution is -0.118. The van der Waals surface area contributed by atoms with Crippen LogP contribution in [0.15, 0.2) is 65.6 Å². The van der Waals surface area contributed by atoms with Gasteiger partial charge in [0, 0.05) is 8.47 Å². The Morgan fingerprint density at radius 3 is 2.72 bits per heavy atom. The van der Waals surface area contributed by atoms with Crippen molar-refractivity contribution < 1.29 is 13.9 Å². The number of ether oxygens (including phenoxy) is 1. The molecule has 144 valence electrons. The molecule has 3 nitrogen and oxygen atoms in total. The first-order chi connectivity index (χ1) is 14.1. The lowest BCUT2D eigenvalue weighted by Crippen LogP contribution is -2.25. The third-order valence-electron chi connectivity index (χ3n) is 4.93. The molecule has 0 saturated heterocycles. The van der Waals surface area contributed by atoms with Crippen molar-refractivity contribution in [3.05, 3.63) is 86.7 Å². The Bertz CT molecular complexity index is 1160. The Balaban J connectivity index is 1.64. The predicted octanol–water partition coefficient (Wildman–Crippen LogP) is 6.15. The van der Waals surface area contributed by atoms with Crippen molar-refractivity contribution in [2.45, 2.75) is 10.1 Å². The molecule has 2 heterocycles. The summed E-state index contributed by atoms with van der Waals surface area (Å²) in [6.07, 6.45) is 2.18. The second-order valence-electron chi connectivity index (χ2n) is 6.88. The van der Waals surface area contributed by atoms with Gasteiger partial charge in [0.15, 0.2) is 6.61 Å². The van der Waals surface area contributed by atoms with Crippen LogP contribution in [0.25, 0.3) is 11.6 Å². The van der Waals surface area contributed by atoms with E-state index in [2.05, 4.69) is 52.2 Å². The average Bonchev–Trinajstić information content (AvgIpc) is 2.73. The molecule has 0 saturated carbocycles. The van der Waals surface area contributed by atoms with Crippen LogP contribution in [0.4, 0.5) is 10.1 Å². The molecular weight excluding hydrogens is 500 g/mol. The summed E-state index contributed by atoms with van der Waals surface area (Å²) >= 11 is 4.07. The molecule has 0 spiro atoms. The smallest absolute Gasteiger partial charge is 0.262 e. The normalized spacial score (nSPS) is 17.5. The fourth-order valence-corrected chi connectivity index (χ4v) is 5.58. The minimum atomic E-state index is -0.247. The van der Waals surface area contributed by atoms with Crippen molar-refractivity contribution in [2.75, 3.05) is 11.9 Å². The highest BCUT2D eigenvalue weighted by atomic mass is 127. The standard InChI is InChI=1S/C23H15FINO2S/c24-16-5-1-13(2-6-16)23-18(9-15-3-7-17(25)11-21(15)29-23)14-4-8-20-19(10-14)26-22(27)12-28-20/h1-11,23H,12H2,(H,26,27). The lowest BCUT2D eigenvalue weighted by atomic mass is 9.94. The fourth-order valence-electron chi connectivity index (χ4n) is 3.55. The van der Waals surface area contributed by atoms with Gasteiger partial charge in [-0.3, -0.25) is 4.79 Å². The van der Waals surface area contributed by atoms with E-state index < -0.39 is 0 Å². The van der Waals surface area contributed by atoms with Gasteiger partial charge in [0.25, 0.3) is 5.91 Å². The van der Waals surface area contributed by atoms with Crippen molar-refractivity contribution in [2.24, 2.45) is 0 Å². The van der Waals surface area contributed by atoms with Crippen molar-refractivity contribution in [3.63, 3.8) is 0 Å². The van der Waals surface area contributed by atoms with E-state index in [0.717, 1.165) is 22.3 Å². The third-order valence-corrected chi connectivity index (χ3v) is 6.97. The maximum atomic E-state index is 13.5. The van der Waals surface area contributed by atoms with E-state index in [0.29, 0.717) is 11.4 Å². The summed E-state index contributed by atoms with van der Waals surface area (Å²) in [5, 5.41) is 2.89. The molecule has 0 bridgehead atoms. The number of carbonyl (C=O) groups is 1. The molecular formula is C23H15FINO2S. The van der Waals surface area contributed by atoms with Crippen LogP contribution in [-0.4, -0.2) is 12.5 Å². The molecule has 6 heteroatoms. The summed E-state index contributed by atoms with van der Waals surface area (Å²) in [5.74, 6) is 0.269. The molecule has 0 fully saturated rings. The molecule has 5 rings (SSSR count). The van der Waals surface area contributed by atoms with Crippen LogP contribution in [0.3, 0.4) is 0 Å². The highest BCUT2D eigenvalue weighted by Gasteiger charge is 2.26. The SMILES string of the molecule is O=C1COc2ccc(C3=Cc4ccc(I)cc4SC3c3ccc(F)cc3)cc2N1. The Hall–Kier alpha value is -2.32. The van der Waals surface area contributed by atoms with Crippen molar-refractivity contribution in [1.82, 2.24) is 0 Å². The van der Waals surface area contributed by atoms with Crippen LogP contribution >= 0.6 is 34.4 Å². The monoisotopic (exact) mass is 515 g/mol. The Morgan fingerprint density at radius 2 is 1.90 bits per heavy atom. The second kappa shape index (κ2) is 7.50. The molecule has 1 amide bonds. The minimum Gasteiger partial charge on any atom is -0.482 e. The van der Waals surface area contributed by atoms with Gasteiger partial charge < -0.3 is 10.1 Å². The van der Waals surface area contributed by atoms with Crippen LogP contribution in [0.2, 0.25) is 0 Å². The number of thioether (sulfide) groups is 1. The fraction of sp³-hybridized carbons (Fsp3) is 0.0870. The van der Waals surface area contributed by atoms with Gasteiger partial charge in [0.05, 0.1) is 10.9 Å². The van der Waals surface area contributed by atoms with E-state index in [4.69, 9.17) is 4.74 Å². The summed E-state index contributed by atoms with van der Waals surface area (Å²) in [5.41, 5.74) is 4.97. The topological polar surface area (TPSA) is 38.3 Å². The highest BCUT2D eigenvalue weighted by Crippen LogP contribution is 2.51. The van der Waals surface area contributed by atoms with Gasteiger partial charge in [0.2, 0.25) is 0 Å². The minimum absolute atomic E-state index is 0.0135. The number of rotatable bonds is 2. The number of anilines is 1. The quantitative estimate of drug-likeness (QED) is 0.417. The van der Waals surface area contributed by atoms with Crippen LogP contribution in [0, 0.1) is 9.39 Å². The first-order valence-corrected chi connectivity index (χ1v) is 11.0. The molecule has 0 radical (unpaired) electrons. The van der Waals surface area contributed by atoms with E-state index in [9.17, 15) is 9.18 Å². The van der Waals surface area contributed by atoms with E-state index in [1.54, 1.807) is 11.8 Å². The lowest BCUT2D eigenvalue weighted by Gasteiger charge is -2.27. The molecule has 1 unspecified atom stereocenters. The van der Waals surface area contributed by atoms with Gasteiger partial charge in [-0.2, -0.15) is 0 Å². The van der Waals surface area contributed by atoms with E-state index >= 15 is 0 Å². The van der Waals surface area contributed by atoms with E-state index in [1.807, 2.05) is 30.3 Å². The zero-order chi connectivity index (χ0) is 20.0. The number of benzene rings is 3. The van der Waals surface area contributed by atoms with Crippen molar-refractivity contribution in [1.29, 1.82) is 0 Å².